The summed E-state index contributed by atoms with van der Waals surface area (Å²) in [6.45, 7) is 11.1. The number of hydrogen-bond donors (Lipinski definition) is 1. The van der Waals surface area contributed by atoms with Crippen molar-refractivity contribution in [2.45, 2.75) is 129 Å². The fourth-order valence-corrected chi connectivity index (χ4v) is 10.7. The van der Waals surface area contributed by atoms with E-state index in [0.717, 1.165) is 25.7 Å². The molecular weight excluding hydrogens is 655 g/mol. The van der Waals surface area contributed by atoms with Crippen molar-refractivity contribution in [2.75, 3.05) is 0 Å². The number of esters is 3. The summed E-state index contributed by atoms with van der Waals surface area (Å²) >= 11 is 0. The van der Waals surface area contributed by atoms with Gasteiger partial charge in [-0.2, -0.15) is 30.4 Å². The first-order valence-corrected chi connectivity index (χ1v) is 17.8. The minimum absolute atomic E-state index is 0.0252. The minimum Gasteiger partial charge on any atom is -0.462 e. The topological polar surface area (TPSA) is 133 Å². The average molecular weight is 703 g/mol. The van der Waals surface area contributed by atoms with Crippen molar-refractivity contribution < 1.29 is 63.5 Å². The van der Waals surface area contributed by atoms with Crippen LogP contribution in [-0.4, -0.2) is 60.6 Å². The molecule has 0 aromatic rings. The molecule has 4 saturated carbocycles. The Kier molecular flexibility index (Phi) is 10.5. The number of carbonyl (C=O) groups is 3. The van der Waals surface area contributed by atoms with Crippen LogP contribution in [0.4, 0.5) is 22.0 Å². The second-order valence-electron chi connectivity index (χ2n) is 15.1. The molecule has 0 amide bonds. The fraction of sp³-hybridized carbons (Fsp3) is 0.906. The molecule has 4 fully saturated rings. The van der Waals surface area contributed by atoms with Gasteiger partial charge in [0, 0.05) is 31.6 Å². The third-order valence-electron chi connectivity index (χ3n) is 12.4. The molecule has 0 heterocycles. The van der Waals surface area contributed by atoms with Crippen molar-refractivity contribution in [2.24, 2.45) is 52.3 Å². The maximum atomic E-state index is 14.0. The largest absolute Gasteiger partial charge is 0.462 e. The van der Waals surface area contributed by atoms with Gasteiger partial charge in [0.05, 0.1) is 0 Å². The van der Waals surface area contributed by atoms with Gasteiger partial charge >= 0.3 is 39.5 Å². The molecule has 9 nitrogen and oxygen atoms in total. The molecule has 4 rings (SSSR count). The van der Waals surface area contributed by atoms with Crippen LogP contribution in [-0.2, 0) is 38.7 Å². The number of fused-ring (bicyclic) bond motifs is 5. The van der Waals surface area contributed by atoms with Gasteiger partial charge in [0.15, 0.2) is 0 Å². The Balaban J connectivity index is 1.60. The van der Waals surface area contributed by atoms with Crippen molar-refractivity contribution in [3.8, 4) is 0 Å². The third-order valence-corrected chi connectivity index (χ3v) is 13.3. The summed E-state index contributed by atoms with van der Waals surface area (Å²) in [7, 11) is -6.55. The van der Waals surface area contributed by atoms with E-state index in [1.807, 2.05) is 6.92 Å². The first kappa shape index (κ1) is 37.8. The maximum absolute atomic E-state index is 14.0. The zero-order valence-electron chi connectivity index (χ0n) is 27.6. The van der Waals surface area contributed by atoms with Crippen LogP contribution in [0, 0.1) is 52.3 Å². The lowest BCUT2D eigenvalue weighted by atomic mass is 9.42. The Bertz CT molecular complexity index is 1320. The van der Waals surface area contributed by atoms with Gasteiger partial charge in [-0.25, -0.2) is 0 Å². The van der Waals surface area contributed by atoms with E-state index in [-0.39, 0.29) is 53.5 Å². The van der Waals surface area contributed by atoms with E-state index in [0.29, 0.717) is 31.1 Å². The third kappa shape index (κ3) is 7.03. The summed E-state index contributed by atoms with van der Waals surface area (Å²) in [6.07, 6.45) is -6.38. The monoisotopic (exact) mass is 702 g/mol. The van der Waals surface area contributed by atoms with Gasteiger partial charge in [-0.15, -0.1) is 0 Å². The van der Waals surface area contributed by atoms with E-state index in [1.54, 1.807) is 6.92 Å². The van der Waals surface area contributed by atoms with Gasteiger partial charge in [0.2, 0.25) is 0 Å². The van der Waals surface area contributed by atoms with Crippen molar-refractivity contribution in [3.05, 3.63) is 0 Å². The fourth-order valence-electron chi connectivity index (χ4n) is 10.2. The van der Waals surface area contributed by atoms with Crippen molar-refractivity contribution in [1.82, 2.24) is 0 Å². The highest BCUT2D eigenvalue weighted by Crippen LogP contribution is 2.69. The molecule has 0 radical (unpaired) electrons. The molecule has 0 aromatic carbocycles. The van der Waals surface area contributed by atoms with E-state index in [2.05, 4.69) is 18.6 Å². The van der Waals surface area contributed by atoms with Crippen LogP contribution >= 0.6 is 0 Å². The molecule has 4 aliphatic carbocycles. The molecule has 15 heteroatoms. The maximum Gasteiger partial charge on any atom is 0.432 e. The molecule has 0 bridgehead atoms. The second-order valence-corrected chi connectivity index (χ2v) is 16.6. The summed E-state index contributed by atoms with van der Waals surface area (Å²) in [5, 5.41) is -5.81. The smallest absolute Gasteiger partial charge is 0.432 e. The Labute approximate surface area is 272 Å². The number of halogens is 5. The molecule has 0 spiro atoms. The number of alkyl halides is 5. The van der Waals surface area contributed by atoms with E-state index in [1.165, 1.54) is 13.8 Å². The summed E-state index contributed by atoms with van der Waals surface area (Å²) in [6, 6.07) is 0. The molecule has 4 aliphatic rings. The lowest BCUT2D eigenvalue weighted by molar-refractivity contribution is -0.259. The van der Waals surface area contributed by atoms with Crippen LogP contribution in [0.5, 0.6) is 0 Å². The van der Waals surface area contributed by atoms with Crippen molar-refractivity contribution >= 4 is 28.0 Å². The lowest BCUT2D eigenvalue weighted by Crippen LogP contribution is -2.63. The summed E-state index contributed by atoms with van der Waals surface area (Å²) in [4.78, 5) is 37.3. The van der Waals surface area contributed by atoms with Crippen LogP contribution in [0.2, 0.25) is 0 Å². The minimum atomic E-state index is -6.55. The van der Waals surface area contributed by atoms with Gasteiger partial charge in [-0.05, 0) is 85.9 Å². The van der Waals surface area contributed by atoms with Gasteiger partial charge in [0.25, 0.3) is 6.10 Å². The Morgan fingerprint density at radius 3 is 2.11 bits per heavy atom. The Morgan fingerprint density at radius 1 is 0.936 bits per heavy atom. The highest BCUT2D eigenvalue weighted by atomic mass is 32.2. The van der Waals surface area contributed by atoms with Gasteiger partial charge in [0.1, 0.15) is 12.2 Å². The molecule has 270 valence electrons. The quantitative estimate of drug-likeness (QED) is 0.120. The summed E-state index contributed by atoms with van der Waals surface area (Å²) < 4.78 is 115. The zero-order chi connectivity index (χ0) is 35.5. The molecular formula is C32H47F5O9S. The van der Waals surface area contributed by atoms with E-state index in [9.17, 15) is 44.8 Å². The molecule has 47 heavy (non-hydrogen) atoms. The number of rotatable bonds is 9. The standard InChI is InChI=1S/C32H47F5O9S/c1-16-11-12-29(5)20(13-16)14-24(44-18(3)38)27-22-9-8-21(30(22,6)25(15-23(27)29)45-19(4)39)17(2)7-10-26(40)46-28(31(33,34)35)32(36,37)47(41,42)43/h16-17,20-25,27-28H,7-15H2,1-6H3,(H,41,42,43)/t16-,17-,20?,21-,22+,23+,24-,25+,27+,28?,29+,30-/m1/s1. The van der Waals surface area contributed by atoms with E-state index in [4.69, 9.17) is 14.0 Å². The average Bonchev–Trinajstić information content (AvgIpc) is 3.28. The number of hydrogen-bond acceptors (Lipinski definition) is 8. The molecule has 12 atom stereocenters. The van der Waals surface area contributed by atoms with Crippen LogP contribution in [0.15, 0.2) is 0 Å². The van der Waals surface area contributed by atoms with Crippen LogP contribution in [0.1, 0.15) is 99.3 Å². The summed E-state index contributed by atoms with van der Waals surface area (Å²) in [5.74, 6) is -2.22. The van der Waals surface area contributed by atoms with Crippen LogP contribution in [0.25, 0.3) is 0 Å². The van der Waals surface area contributed by atoms with Gasteiger partial charge < -0.3 is 14.2 Å². The first-order valence-electron chi connectivity index (χ1n) is 16.4. The van der Waals surface area contributed by atoms with E-state index >= 15 is 0 Å². The SMILES string of the molecule is CC(=O)O[C@H]1C[C@H]2[C@@H]([C@H](OC(C)=O)CC3C[C@H](C)CC[C@@]32C)[C@@H]2CC[C@H]([C@H](C)CCC(=O)OC(C(F)(F)F)C(F)(F)S(=O)(=O)O)[C@@]12C. The van der Waals surface area contributed by atoms with Crippen molar-refractivity contribution in [3.63, 3.8) is 0 Å². The Morgan fingerprint density at radius 2 is 1.55 bits per heavy atom. The normalized spacial score (nSPS) is 38.6. The van der Waals surface area contributed by atoms with Crippen LogP contribution in [0.3, 0.4) is 0 Å². The van der Waals surface area contributed by atoms with Gasteiger partial charge in [-0.1, -0.05) is 34.1 Å². The summed E-state index contributed by atoms with van der Waals surface area (Å²) in [5.41, 5.74) is -0.716. The van der Waals surface area contributed by atoms with E-state index < -0.39 is 57.5 Å². The first-order chi connectivity index (χ1) is 21.4. The van der Waals surface area contributed by atoms with Crippen molar-refractivity contribution in [1.29, 1.82) is 0 Å². The predicted molar refractivity (Wildman–Crippen MR) is 157 cm³/mol. The molecule has 0 aromatic heterocycles. The second kappa shape index (κ2) is 13.0. The molecule has 0 aliphatic heterocycles. The molecule has 0 saturated heterocycles. The number of ether oxygens (including phenoxy) is 3. The zero-order valence-corrected chi connectivity index (χ0v) is 28.5. The number of carbonyl (C=O) groups excluding carboxylic acids is 3. The highest BCUT2D eigenvalue weighted by molar-refractivity contribution is 7.86. The highest BCUT2D eigenvalue weighted by Gasteiger charge is 2.68. The molecule has 1 N–H and O–H groups in total. The molecule has 2 unspecified atom stereocenters. The Hall–Kier alpha value is -2.03. The predicted octanol–water partition coefficient (Wildman–Crippen LogP) is 6.74. The van der Waals surface area contributed by atoms with Crippen LogP contribution < -0.4 is 0 Å². The van der Waals surface area contributed by atoms with Gasteiger partial charge in [-0.3, -0.25) is 18.9 Å². The lowest BCUT2D eigenvalue weighted by Gasteiger charge is -2.64.